The maximum atomic E-state index is 11.4. The van der Waals surface area contributed by atoms with Crippen molar-refractivity contribution in [3.8, 4) is 0 Å². The molecule has 0 heterocycles. The summed E-state index contributed by atoms with van der Waals surface area (Å²) in [7, 11) is -0.820. The minimum Gasteiger partial charge on any atom is -0.254 e. The monoisotopic (exact) mass is 358 g/mol. The Labute approximate surface area is 96.7 Å². The van der Waals surface area contributed by atoms with Crippen molar-refractivity contribution in [3.05, 3.63) is 28.7 Å². The Hall–Kier alpha value is 0.580. The van der Waals surface area contributed by atoms with Crippen LogP contribution in [0.1, 0.15) is 0 Å². The maximum absolute atomic E-state index is 11.4. The number of hydrogen-bond donors (Lipinski definition) is 0. The minimum atomic E-state index is -0.820. The molecule has 0 radical (unpaired) electrons. The van der Waals surface area contributed by atoms with Gasteiger partial charge in [0.2, 0.25) is 0 Å². The van der Waals surface area contributed by atoms with E-state index in [4.69, 9.17) is 0 Å². The lowest BCUT2D eigenvalue weighted by atomic mass is 10.4. The molecule has 12 heavy (non-hydrogen) atoms. The van der Waals surface area contributed by atoms with Gasteiger partial charge in [-0.05, 0) is 24.3 Å². The van der Waals surface area contributed by atoms with E-state index in [1.807, 2.05) is 24.3 Å². The molecule has 1 nitrogen and oxygen atoms in total. The van der Waals surface area contributed by atoms with Crippen molar-refractivity contribution in [1.82, 2.24) is 0 Å². The van der Waals surface area contributed by atoms with Crippen molar-refractivity contribution >= 4 is 49.3 Å². The molecule has 0 aliphatic carbocycles. The minimum absolute atomic E-state index is 0.738. The highest BCUT2D eigenvalue weighted by molar-refractivity contribution is 14.1. The highest BCUT2D eigenvalue weighted by Crippen LogP contribution is 2.13. The van der Waals surface area contributed by atoms with Crippen LogP contribution in [0.25, 0.3) is 0 Å². The first kappa shape index (κ1) is 10.7. The smallest absolute Gasteiger partial charge is 0.0537 e. The molecule has 66 valence electrons. The molecule has 0 saturated carbocycles. The summed E-state index contributed by atoms with van der Waals surface area (Å²) in [5, 5.41) is 0. The number of alkyl halides is 1. The first-order valence-electron chi connectivity index (χ1n) is 3.44. The van der Waals surface area contributed by atoms with Crippen LogP contribution in [0.5, 0.6) is 0 Å². The van der Waals surface area contributed by atoms with Crippen LogP contribution in [0, 0.1) is 0 Å². The van der Waals surface area contributed by atoms with E-state index in [1.54, 1.807) is 0 Å². The Morgan fingerprint density at radius 2 is 1.92 bits per heavy atom. The number of hydrogen-bond acceptors (Lipinski definition) is 1. The summed E-state index contributed by atoms with van der Waals surface area (Å²) in [5.41, 5.74) is 0. The molecular formula is C8H8BrIOS. The third-order valence-electron chi connectivity index (χ3n) is 1.34. The van der Waals surface area contributed by atoms with E-state index >= 15 is 0 Å². The fourth-order valence-corrected chi connectivity index (χ4v) is 3.05. The predicted octanol–water partition coefficient (Wildman–Crippen LogP) is 2.99. The van der Waals surface area contributed by atoms with Gasteiger partial charge in [0.25, 0.3) is 0 Å². The molecule has 1 aromatic carbocycles. The van der Waals surface area contributed by atoms with Crippen LogP contribution in [0.15, 0.2) is 33.6 Å². The highest BCUT2D eigenvalue weighted by Gasteiger charge is 2.01. The first-order chi connectivity index (χ1) is 5.74. The Morgan fingerprint density at radius 3 is 2.42 bits per heavy atom. The van der Waals surface area contributed by atoms with E-state index < -0.39 is 10.8 Å². The molecule has 1 unspecified atom stereocenters. The fourth-order valence-electron chi connectivity index (χ4n) is 0.774. The summed E-state index contributed by atoms with van der Waals surface area (Å²) >= 11 is 5.57. The van der Waals surface area contributed by atoms with Crippen molar-refractivity contribution in [2.45, 2.75) is 4.90 Å². The molecule has 0 saturated heterocycles. The average molecular weight is 359 g/mol. The molecule has 0 aliphatic heterocycles. The van der Waals surface area contributed by atoms with Crippen LogP contribution in [0.4, 0.5) is 0 Å². The third kappa shape index (κ3) is 3.14. The van der Waals surface area contributed by atoms with E-state index in [9.17, 15) is 4.21 Å². The van der Waals surface area contributed by atoms with Crippen LogP contribution in [-0.2, 0) is 10.8 Å². The third-order valence-corrected chi connectivity index (χ3v) is 4.51. The van der Waals surface area contributed by atoms with Gasteiger partial charge in [-0.3, -0.25) is 4.21 Å². The van der Waals surface area contributed by atoms with Crippen molar-refractivity contribution in [2.75, 3.05) is 10.2 Å². The molecule has 0 N–H and O–H groups in total. The van der Waals surface area contributed by atoms with Gasteiger partial charge >= 0.3 is 0 Å². The molecule has 1 rings (SSSR count). The van der Waals surface area contributed by atoms with E-state index in [0.717, 1.165) is 19.5 Å². The zero-order chi connectivity index (χ0) is 8.97. The summed E-state index contributed by atoms with van der Waals surface area (Å²) in [6.45, 7) is 0. The van der Waals surface area contributed by atoms with Gasteiger partial charge in [-0.25, -0.2) is 0 Å². The van der Waals surface area contributed by atoms with Gasteiger partial charge < -0.3 is 0 Å². The second kappa shape index (κ2) is 5.34. The van der Waals surface area contributed by atoms with Gasteiger partial charge in [-0.2, -0.15) is 0 Å². The van der Waals surface area contributed by atoms with Crippen LogP contribution in [-0.4, -0.2) is 14.4 Å². The van der Waals surface area contributed by atoms with E-state index in [-0.39, 0.29) is 0 Å². The first-order valence-corrected chi connectivity index (χ1v) is 7.07. The van der Waals surface area contributed by atoms with E-state index in [0.29, 0.717) is 0 Å². The van der Waals surface area contributed by atoms with Gasteiger partial charge in [-0.15, -0.1) is 0 Å². The standard InChI is InChI=1S/C8H8BrIOS/c9-7-1-3-8(4-2-7)12(11)6-5-10/h1-4H,5-6H2. The molecule has 0 aliphatic rings. The van der Waals surface area contributed by atoms with Crippen LogP contribution in [0.3, 0.4) is 0 Å². The number of benzene rings is 1. The summed E-state index contributed by atoms with van der Waals surface area (Å²) in [4.78, 5) is 0.912. The SMILES string of the molecule is O=S(CCI)c1ccc(Br)cc1. The molecule has 0 fully saturated rings. The zero-order valence-electron chi connectivity index (χ0n) is 6.30. The molecule has 0 spiro atoms. The van der Waals surface area contributed by atoms with Gasteiger partial charge in [0.1, 0.15) is 0 Å². The van der Waals surface area contributed by atoms with Gasteiger partial charge in [0.15, 0.2) is 0 Å². The molecule has 4 heteroatoms. The molecule has 0 aromatic heterocycles. The average Bonchev–Trinajstić information content (AvgIpc) is 2.06. The largest absolute Gasteiger partial charge is 0.254 e. The van der Waals surface area contributed by atoms with Crippen LogP contribution in [0.2, 0.25) is 0 Å². The molecular weight excluding hydrogens is 351 g/mol. The molecule has 1 atom stereocenters. The zero-order valence-corrected chi connectivity index (χ0v) is 10.9. The van der Waals surface area contributed by atoms with E-state index in [1.165, 1.54) is 0 Å². The van der Waals surface area contributed by atoms with Gasteiger partial charge in [0.05, 0.1) is 10.8 Å². The second-order valence-electron chi connectivity index (χ2n) is 2.19. The van der Waals surface area contributed by atoms with Crippen molar-refractivity contribution < 1.29 is 4.21 Å². The molecule has 0 bridgehead atoms. The highest BCUT2D eigenvalue weighted by atomic mass is 127. The van der Waals surface area contributed by atoms with Crippen LogP contribution >= 0.6 is 38.5 Å². The van der Waals surface area contributed by atoms with Gasteiger partial charge in [-0.1, -0.05) is 38.5 Å². The fraction of sp³-hybridized carbons (Fsp3) is 0.250. The maximum Gasteiger partial charge on any atom is 0.0537 e. The van der Waals surface area contributed by atoms with Gasteiger partial charge in [0, 0.05) is 19.5 Å². The Morgan fingerprint density at radius 1 is 1.33 bits per heavy atom. The van der Waals surface area contributed by atoms with Crippen molar-refractivity contribution in [3.63, 3.8) is 0 Å². The lowest BCUT2D eigenvalue weighted by molar-refractivity contribution is 0.684. The summed E-state index contributed by atoms with van der Waals surface area (Å²) in [6, 6.07) is 7.62. The number of rotatable bonds is 3. The predicted molar refractivity (Wildman–Crippen MR) is 64.3 cm³/mol. The summed E-state index contributed by atoms with van der Waals surface area (Å²) in [6.07, 6.45) is 0. The quantitative estimate of drug-likeness (QED) is 0.599. The van der Waals surface area contributed by atoms with Crippen molar-refractivity contribution in [2.24, 2.45) is 0 Å². The van der Waals surface area contributed by atoms with E-state index in [2.05, 4.69) is 38.5 Å². The van der Waals surface area contributed by atoms with Crippen molar-refractivity contribution in [1.29, 1.82) is 0 Å². The second-order valence-corrected chi connectivity index (χ2v) is 5.76. The summed E-state index contributed by atoms with van der Waals surface area (Å²) < 4.78 is 13.4. The topological polar surface area (TPSA) is 17.1 Å². The lowest BCUT2D eigenvalue weighted by Crippen LogP contribution is -1.97. The summed E-state index contributed by atoms with van der Waals surface area (Å²) in [5.74, 6) is 0.738. The normalized spacial score (nSPS) is 12.8. The molecule has 0 amide bonds. The molecule has 1 aromatic rings. The lowest BCUT2D eigenvalue weighted by Gasteiger charge is -1.98. The Kier molecular flexibility index (Phi) is 4.74. The van der Waals surface area contributed by atoms with Crippen LogP contribution < -0.4 is 0 Å². The number of halogens is 2. The Balaban J connectivity index is 2.75. The Bertz CT molecular complexity index is 273.